The first-order chi connectivity index (χ1) is 15.8. The van der Waals surface area contributed by atoms with Gasteiger partial charge in [0.05, 0.1) is 30.8 Å². The maximum absolute atomic E-state index is 13.1. The van der Waals surface area contributed by atoms with Gasteiger partial charge in [0.25, 0.3) is 17.4 Å². The maximum Gasteiger partial charge on any atom is 0.295 e. The highest BCUT2D eigenvalue weighted by Gasteiger charge is 2.47. The SMILES string of the molecule is COCCCN1C(=O)C(=O)/C(=C(/O)c2ccc([N+](=O)[O-])cc2)C1c1cccc(OC)c1OC. The molecule has 0 saturated carbocycles. The van der Waals surface area contributed by atoms with Crippen molar-refractivity contribution in [1.82, 2.24) is 4.90 Å². The quantitative estimate of drug-likeness (QED) is 0.152. The van der Waals surface area contributed by atoms with Gasteiger partial charge in [0.1, 0.15) is 5.76 Å². The molecule has 1 fully saturated rings. The Kier molecular flexibility index (Phi) is 7.29. The van der Waals surface area contributed by atoms with Gasteiger partial charge in [0.15, 0.2) is 11.5 Å². The summed E-state index contributed by atoms with van der Waals surface area (Å²) in [6.45, 7) is 0.563. The van der Waals surface area contributed by atoms with Gasteiger partial charge in [-0.3, -0.25) is 19.7 Å². The third-order valence-electron chi connectivity index (χ3n) is 5.37. The minimum atomic E-state index is -0.956. The first-order valence-electron chi connectivity index (χ1n) is 10.1. The highest BCUT2D eigenvalue weighted by molar-refractivity contribution is 6.46. The molecule has 0 spiro atoms. The lowest BCUT2D eigenvalue weighted by Gasteiger charge is -2.27. The Morgan fingerprint density at radius 3 is 2.36 bits per heavy atom. The number of ether oxygens (including phenoxy) is 3. The summed E-state index contributed by atoms with van der Waals surface area (Å²) in [7, 11) is 4.44. The minimum absolute atomic E-state index is 0.141. The summed E-state index contributed by atoms with van der Waals surface area (Å²) >= 11 is 0. The highest BCUT2D eigenvalue weighted by Crippen LogP contribution is 2.45. The lowest BCUT2D eigenvalue weighted by atomic mass is 9.94. The number of nitrogens with zero attached hydrogens (tertiary/aromatic N) is 2. The van der Waals surface area contributed by atoms with Crippen molar-refractivity contribution >= 4 is 23.1 Å². The number of carbonyl (C=O) groups is 2. The van der Waals surface area contributed by atoms with E-state index in [-0.39, 0.29) is 23.4 Å². The van der Waals surface area contributed by atoms with Crippen molar-refractivity contribution in [3.63, 3.8) is 0 Å². The minimum Gasteiger partial charge on any atom is -0.507 e. The number of ketones is 1. The zero-order valence-corrected chi connectivity index (χ0v) is 18.4. The first kappa shape index (κ1) is 23.7. The second kappa shape index (κ2) is 10.1. The van der Waals surface area contributed by atoms with Crippen LogP contribution in [-0.2, 0) is 14.3 Å². The molecule has 0 radical (unpaired) electrons. The summed E-state index contributed by atoms with van der Waals surface area (Å²) in [6.07, 6.45) is 0.462. The van der Waals surface area contributed by atoms with Gasteiger partial charge in [-0.1, -0.05) is 12.1 Å². The third kappa shape index (κ3) is 4.51. The number of hydrogen-bond acceptors (Lipinski definition) is 8. The molecule has 174 valence electrons. The number of aliphatic hydroxyl groups excluding tert-OH is 1. The topological polar surface area (TPSA) is 128 Å². The van der Waals surface area contributed by atoms with Crippen LogP contribution in [0.2, 0.25) is 0 Å². The molecular weight excluding hydrogens is 432 g/mol. The molecule has 1 aliphatic heterocycles. The van der Waals surface area contributed by atoms with Crippen molar-refractivity contribution in [3.8, 4) is 11.5 Å². The highest BCUT2D eigenvalue weighted by atomic mass is 16.6. The fourth-order valence-electron chi connectivity index (χ4n) is 3.84. The van der Waals surface area contributed by atoms with E-state index in [0.29, 0.717) is 30.1 Å². The molecule has 0 bridgehead atoms. The Labute approximate surface area is 190 Å². The molecule has 1 aliphatic rings. The normalized spacial score (nSPS) is 17.3. The molecule has 1 heterocycles. The molecular formula is C23H24N2O8. The first-order valence-corrected chi connectivity index (χ1v) is 10.1. The second-order valence-corrected chi connectivity index (χ2v) is 7.23. The molecule has 1 N–H and O–H groups in total. The number of likely N-dealkylation sites (tertiary alicyclic amines) is 1. The third-order valence-corrected chi connectivity index (χ3v) is 5.37. The smallest absolute Gasteiger partial charge is 0.295 e. The molecule has 0 aromatic heterocycles. The van der Waals surface area contributed by atoms with Crippen LogP contribution >= 0.6 is 0 Å². The summed E-state index contributed by atoms with van der Waals surface area (Å²) in [5, 5.41) is 22.0. The lowest BCUT2D eigenvalue weighted by Crippen LogP contribution is -2.31. The van der Waals surface area contributed by atoms with Gasteiger partial charge >= 0.3 is 0 Å². The van der Waals surface area contributed by atoms with E-state index in [1.807, 2.05) is 0 Å². The van der Waals surface area contributed by atoms with Crippen LogP contribution in [0.15, 0.2) is 48.0 Å². The largest absolute Gasteiger partial charge is 0.507 e. The van der Waals surface area contributed by atoms with Gasteiger partial charge in [-0.25, -0.2) is 0 Å². The molecule has 10 nitrogen and oxygen atoms in total. The standard InChI is InChI=1S/C23H24N2O8/c1-31-13-5-12-24-19(16-6-4-7-17(32-2)22(16)33-3)18(21(27)23(24)28)20(26)14-8-10-15(11-9-14)25(29)30/h4,6-11,19,26H,5,12-13H2,1-3H3/b20-18+. The van der Waals surface area contributed by atoms with Crippen LogP contribution < -0.4 is 9.47 Å². The number of para-hydroxylation sites is 1. The number of Topliss-reactive ketones (excluding diaryl/α,β-unsaturated/α-hetero) is 1. The van der Waals surface area contributed by atoms with E-state index in [2.05, 4.69) is 0 Å². The zero-order valence-electron chi connectivity index (χ0n) is 18.4. The molecule has 1 atom stereocenters. The van der Waals surface area contributed by atoms with E-state index in [4.69, 9.17) is 14.2 Å². The number of rotatable bonds is 9. The van der Waals surface area contributed by atoms with E-state index >= 15 is 0 Å². The molecule has 33 heavy (non-hydrogen) atoms. The summed E-state index contributed by atoms with van der Waals surface area (Å²) in [5.41, 5.74) is 0.315. The van der Waals surface area contributed by atoms with E-state index in [1.165, 1.54) is 50.5 Å². The van der Waals surface area contributed by atoms with E-state index in [0.717, 1.165) is 0 Å². The summed E-state index contributed by atoms with van der Waals surface area (Å²) < 4.78 is 16.0. The predicted octanol–water partition coefficient (Wildman–Crippen LogP) is 3.07. The Morgan fingerprint density at radius 1 is 1.09 bits per heavy atom. The average molecular weight is 456 g/mol. The van der Waals surface area contributed by atoms with Crippen molar-refractivity contribution in [2.75, 3.05) is 34.5 Å². The van der Waals surface area contributed by atoms with Gasteiger partial charge in [-0.2, -0.15) is 0 Å². The number of amides is 1. The van der Waals surface area contributed by atoms with E-state index < -0.39 is 28.4 Å². The molecule has 3 rings (SSSR count). The van der Waals surface area contributed by atoms with Gasteiger partial charge < -0.3 is 24.2 Å². The van der Waals surface area contributed by atoms with E-state index in [9.17, 15) is 24.8 Å². The molecule has 1 amide bonds. The number of benzene rings is 2. The zero-order chi connectivity index (χ0) is 24.1. The van der Waals surface area contributed by atoms with Crippen LogP contribution in [0.5, 0.6) is 11.5 Å². The van der Waals surface area contributed by atoms with Crippen LogP contribution in [0.3, 0.4) is 0 Å². The van der Waals surface area contributed by atoms with Crippen LogP contribution in [0.25, 0.3) is 5.76 Å². The Balaban J connectivity index is 2.20. The van der Waals surface area contributed by atoms with Crippen molar-refractivity contribution in [2.24, 2.45) is 0 Å². The summed E-state index contributed by atoms with van der Waals surface area (Å²) in [4.78, 5) is 37.8. The second-order valence-electron chi connectivity index (χ2n) is 7.23. The van der Waals surface area contributed by atoms with Crippen LogP contribution in [0.4, 0.5) is 5.69 Å². The van der Waals surface area contributed by atoms with Crippen LogP contribution in [0.1, 0.15) is 23.6 Å². The average Bonchev–Trinajstić information content (AvgIpc) is 3.08. The number of carbonyl (C=O) groups excluding carboxylic acids is 2. The molecule has 2 aromatic carbocycles. The van der Waals surface area contributed by atoms with Gasteiger partial charge in [0, 0.05) is 43.5 Å². The molecule has 10 heteroatoms. The Hall–Kier alpha value is -3.92. The van der Waals surface area contributed by atoms with Crippen molar-refractivity contribution < 1.29 is 33.8 Å². The molecule has 2 aromatic rings. The van der Waals surface area contributed by atoms with Crippen molar-refractivity contribution in [2.45, 2.75) is 12.5 Å². The van der Waals surface area contributed by atoms with E-state index in [1.54, 1.807) is 18.2 Å². The molecule has 1 saturated heterocycles. The Morgan fingerprint density at radius 2 is 1.79 bits per heavy atom. The van der Waals surface area contributed by atoms with Gasteiger partial charge in [-0.05, 0) is 24.6 Å². The number of aliphatic hydroxyl groups is 1. The number of hydrogen-bond donors (Lipinski definition) is 1. The predicted molar refractivity (Wildman–Crippen MR) is 118 cm³/mol. The monoisotopic (exact) mass is 456 g/mol. The molecule has 0 aliphatic carbocycles. The number of non-ortho nitro benzene ring substituents is 1. The summed E-state index contributed by atoms with van der Waals surface area (Å²) in [6, 6.07) is 9.17. The fraction of sp³-hybridized carbons (Fsp3) is 0.304. The van der Waals surface area contributed by atoms with Crippen LogP contribution in [-0.4, -0.2) is 61.1 Å². The Bertz CT molecular complexity index is 1090. The summed E-state index contributed by atoms with van der Waals surface area (Å²) in [5.74, 6) is -1.36. The van der Waals surface area contributed by atoms with Crippen LogP contribution in [0, 0.1) is 10.1 Å². The number of nitro benzene ring substituents is 1. The van der Waals surface area contributed by atoms with Crippen molar-refractivity contribution in [1.29, 1.82) is 0 Å². The number of methoxy groups -OCH3 is 3. The van der Waals surface area contributed by atoms with Gasteiger partial charge in [0.2, 0.25) is 0 Å². The molecule has 1 unspecified atom stereocenters. The lowest BCUT2D eigenvalue weighted by molar-refractivity contribution is -0.384. The number of nitro groups is 1. The van der Waals surface area contributed by atoms with Gasteiger partial charge in [-0.15, -0.1) is 0 Å². The fourth-order valence-corrected chi connectivity index (χ4v) is 3.84. The van der Waals surface area contributed by atoms with Crippen molar-refractivity contribution in [3.05, 3.63) is 69.3 Å². The maximum atomic E-state index is 13.1.